The monoisotopic (exact) mass is 499 g/mol. The normalized spacial score (nSPS) is 14.3. The molecule has 0 unspecified atom stereocenters. The Kier molecular flexibility index (Phi) is 7.30. The number of esters is 1. The summed E-state index contributed by atoms with van der Waals surface area (Å²) in [5.74, 6) is -0.499. The molecule has 0 aliphatic carbocycles. The summed E-state index contributed by atoms with van der Waals surface area (Å²) in [4.78, 5) is 61.6. The van der Waals surface area contributed by atoms with Crippen LogP contribution in [0.5, 0.6) is 0 Å². The van der Waals surface area contributed by atoms with Crippen molar-refractivity contribution in [2.45, 2.75) is 39.8 Å². The number of piperidine rings is 1. The molecule has 10 nitrogen and oxygen atoms in total. The summed E-state index contributed by atoms with van der Waals surface area (Å²) in [7, 11) is 0. The number of rotatable bonds is 6. The number of hydrogen-bond acceptors (Lipinski definition) is 7. The van der Waals surface area contributed by atoms with Gasteiger partial charge >= 0.3 is 11.7 Å². The molecular weight excluding hydrogens is 474 g/mol. The smallest absolute Gasteiger partial charge is 0.333 e. The third-order valence-corrected chi connectivity index (χ3v) is 6.39. The van der Waals surface area contributed by atoms with E-state index in [1.807, 2.05) is 0 Å². The van der Waals surface area contributed by atoms with Gasteiger partial charge in [-0.3, -0.25) is 23.5 Å². The highest BCUT2D eigenvalue weighted by atomic mass is 35.5. The second-order valence-electron chi connectivity index (χ2n) is 8.26. The molecule has 2 aromatic heterocycles. The van der Waals surface area contributed by atoms with Crippen LogP contribution < -0.4 is 11.2 Å². The maximum atomic E-state index is 13.2. The SMILES string of the molecule is CCOC(=O)C1CCN(C(=O)Cn2c(=O)c3cnc(-c4ccc(Cl)cc4)nc3n(CC)c2=O)CC1. The number of amides is 1. The van der Waals surface area contributed by atoms with Crippen molar-refractivity contribution < 1.29 is 14.3 Å². The van der Waals surface area contributed by atoms with E-state index >= 15 is 0 Å². The minimum atomic E-state index is -0.618. The number of nitrogens with zero attached hydrogens (tertiary/aromatic N) is 5. The van der Waals surface area contributed by atoms with Crippen LogP contribution >= 0.6 is 11.6 Å². The fourth-order valence-corrected chi connectivity index (χ4v) is 4.35. The van der Waals surface area contributed by atoms with E-state index in [4.69, 9.17) is 16.3 Å². The van der Waals surface area contributed by atoms with Crippen LogP contribution in [0, 0.1) is 5.92 Å². The zero-order valence-corrected chi connectivity index (χ0v) is 20.3. The number of halogens is 1. The van der Waals surface area contributed by atoms with Gasteiger partial charge in [-0.25, -0.2) is 14.8 Å². The summed E-state index contributed by atoms with van der Waals surface area (Å²) in [6, 6.07) is 6.92. The van der Waals surface area contributed by atoms with Crippen molar-refractivity contribution >= 4 is 34.5 Å². The Morgan fingerprint density at radius 1 is 1.09 bits per heavy atom. The number of aromatic nitrogens is 4. The van der Waals surface area contributed by atoms with Gasteiger partial charge in [0.05, 0.1) is 12.5 Å². The van der Waals surface area contributed by atoms with E-state index < -0.39 is 17.8 Å². The van der Waals surface area contributed by atoms with Crippen LogP contribution in [0.15, 0.2) is 40.1 Å². The number of ether oxygens (including phenoxy) is 1. The summed E-state index contributed by atoms with van der Waals surface area (Å²) in [6.45, 7) is 4.42. The lowest BCUT2D eigenvalue weighted by Gasteiger charge is -2.31. The molecule has 0 bridgehead atoms. The van der Waals surface area contributed by atoms with Crippen LogP contribution in [-0.4, -0.2) is 55.6 Å². The highest BCUT2D eigenvalue weighted by Gasteiger charge is 2.29. The standard InChI is InChI=1S/C24H26ClN5O5/c1-3-29-21-18(13-26-20(27-21)15-5-7-17(25)8-6-15)22(32)30(24(29)34)14-19(31)28-11-9-16(10-12-28)23(33)35-4-2/h5-8,13,16H,3-4,9-12,14H2,1-2H3. The van der Waals surface area contributed by atoms with Crippen molar-refractivity contribution in [3.05, 3.63) is 56.3 Å². The molecule has 1 aromatic carbocycles. The quantitative estimate of drug-likeness (QED) is 0.477. The lowest BCUT2D eigenvalue weighted by atomic mass is 9.97. The van der Waals surface area contributed by atoms with Crippen LogP contribution in [0.3, 0.4) is 0 Å². The molecule has 0 N–H and O–H groups in total. The highest BCUT2D eigenvalue weighted by Crippen LogP contribution is 2.20. The Hall–Kier alpha value is -3.53. The molecule has 35 heavy (non-hydrogen) atoms. The first kappa shape index (κ1) is 24.6. The molecule has 0 atom stereocenters. The molecule has 1 fully saturated rings. The molecule has 0 saturated carbocycles. The molecule has 1 amide bonds. The lowest BCUT2D eigenvalue weighted by molar-refractivity contribution is -0.151. The van der Waals surface area contributed by atoms with E-state index in [9.17, 15) is 19.2 Å². The fourth-order valence-electron chi connectivity index (χ4n) is 4.22. The zero-order valence-electron chi connectivity index (χ0n) is 19.6. The second kappa shape index (κ2) is 10.4. The van der Waals surface area contributed by atoms with Crippen molar-refractivity contribution in [1.82, 2.24) is 24.0 Å². The zero-order chi connectivity index (χ0) is 25.1. The summed E-state index contributed by atoms with van der Waals surface area (Å²) < 4.78 is 7.35. The molecule has 1 aliphatic heterocycles. The molecule has 0 spiro atoms. The number of fused-ring (bicyclic) bond motifs is 1. The van der Waals surface area contributed by atoms with E-state index in [0.29, 0.717) is 48.9 Å². The van der Waals surface area contributed by atoms with Gasteiger partial charge in [0.15, 0.2) is 11.5 Å². The minimum Gasteiger partial charge on any atom is -0.466 e. The highest BCUT2D eigenvalue weighted by molar-refractivity contribution is 6.30. The molecule has 1 aliphatic rings. The number of carbonyl (C=O) groups excluding carboxylic acids is 2. The molecule has 11 heteroatoms. The number of hydrogen-bond donors (Lipinski definition) is 0. The van der Waals surface area contributed by atoms with E-state index in [-0.39, 0.29) is 35.4 Å². The summed E-state index contributed by atoms with van der Waals surface area (Å²) in [5.41, 5.74) is -0.328. The van der Waals surface area contributed by atoms with Crippen LogP contribution in [-0.2, 0) is 27.4 Å². The topological polar surface area (TPSA) is 116 Å². The summed E-state index contributed by atoms with van der Waals surface area (Å²) in [6.07, 6.45) is 2.35. The molecular formula is C24H26ClN5O5. The van der Waals surface area contributed by atoms with Crippen LogP contribution in [0.1, 0.15) is 26.7 Å². The van der Waals surface area contributed by atoms with Gasteiger partial charge in [0.25, 0.3) is 5.56 Å². The molecule has 4 rings (SSSR count). The van der Waals surface area contributed by atoms with Crippen LogP contribution in [0.4, 0.5) is 0 Å². The third kappa shape index (κ3) is 4.97. The van der Waals surface area contributed by atoms with Gasteiger partial charge in [-0.2, -0.15) is 0 Å². The van der Waals surface area contributed by atoms with E-state index in [2.05, 4.69) is 9.97 Å². The van der Waals surface area contributed by atoms with Crippen molar-refractivity contribution in [2.24, 2.45) is 5.92 Å². The Labute approximate surface area is 206 Å². The van der Waals surface area contributed by atoms with Gasteiger partial charge in [0.1, 0.15) is 11.9 Å². The van der Waals surface area contributed by atoms with Crippen molar-refractivity contribution in [2.75, 3.05) is 19.7 Å². The lowest BCUT2D eigenvalue weighted by Crippen LogP contribution is -2.47. The maximum Gasteiger partial charge on any atom is 0.333 e. The Morgan fingerprint density at radius 3 is 2.40 bits per heavy atom. The van der Waals surface area contributed by atoms with E-state index in [0.717, 1.165) is 4.57 Å². The first-order valence-corrected chi connectivity index (χ1v) is 11.9. The van der Waals surface area contributed by atoms with Gasteiger partial charge in [-0.05, 0) is 51.0 Å². The Morgan fingerprint density at radius 2 is 1.77 bits per heavy atom. The van der Waals surface area contributed by atoms with E-state index in [1.54, 1.807) is 43.0 Å². The molecule has 184 valence electrons. The van der Waals surface area contributed by atoms with Crippen LogP contribution in [0.2, 0.25) is 5.02 Å². The predicted octanol–water partition coefficient (Wildman–Crippen LogP) is 2.10. The number of aryl methyl sites for hydroxylation is 1. The van der Waals surface area contributed by atoms with Crippen molar-refractivity contribution in [3.63, 3.8) is 0 Å². The Balaban J connectivity index is 1.61. The summed E-state index contributed by atoms with van der Waals surface area (Å²) in [5, 5.41) is 0.718. The Bertz CT molecular complexity index is 1370. The summed E-state index contributed by atoms with van der Waals surface area (Å²) >= 11 is 5.95. The van der Waals surface area contributed by atoms with Crippen molar-refractivity contribution in [1.29, 1.82) is 0 Å². The first-order valence-electron chi connectivity index (χ1n) is 11.5. The van der Waals surface area contributed by atoms with Crippen molar-refractivity contribution in [3.8, 4) is 11.4 Å². The van der Waals surface area contributed by atoms with Gasteiger partial charge in [0.2, 0.25) is 5.91 Å². The predicted molar refractivity (Wildman–Crippen MR) is 130 cm³/mol. The average Bonchev–Trinajstić information content (AvgIpc) is 2.87. The fraction of sp³-hybridized carbons (Fsp3) is 0.417. The van der Waals surface area contributed by atoms with E-state index in [1.165, 1.54) is 10.8 Å². The number of benzene rings is 1. The molecule has 3 heterocycles. The molecule has 0 radical (unpaired) electrons. The molecule has 1 saturated heterocycles. The third-order valence-electron chi connectivity index (χ3n) is 6.14. The van der Waals surface area contributed by atoms with Gasteiger partial charge in [-0.1, -0.05) is 11.6 Å². The maximum absolute atomic E-state index is 13.2. The second-order valence-corrected chi connectivity index (χ2v) is 8.70. The first-order chi connectivity index (χ1) is 16.8. The van der Waals surface area contributed by atoms with Gasteiger partial charge in [0, 0.05) is 36.4 Å². The minimum absolute atomic E-state index is 0.151. The van der Waals surface area contributed by atoms with Gasteiger partial charge < -0.3 is 9.64 Å². The van der Waals surface area contributed by atoms with Crippen LogP contribution in [0.25, 0.3) is 22.4 Å². The average molecular weight is 500 g/mol. The number of carbonyl (C=O) groups is 2. The largest absolute Gasteiger partial charge is 0.466 e. The molecule has 3 aromatic rings. The number of likely N-dealkylation sites (tertiary alicyclic amines) is 1. The van der Waals surface area contributed by atoms with Gasteiger partial charge in [-0.15, -0.1) is 0 Å².